The standard InChI is InChI=1S/C17H27N3O2S.HI/c1-18-16(19-8-4-15-3-2-9-21-15)20-14-5-10-22-17(13-14)6-11-23-12-7-17;/h2-3,9,14H,4-8,10-13H2,1H3,(H2,18,19,20);1H. The topological polar surface area (TPSA) is 58.8 Å². The summed E-state index contributed by atoms with van der Waals surface area (Å²) >= 11 is 2.05. The van der Waals surface area contributed by atoms with Gasteiger partial charge in [0.2, 0.25) is 0 Å². The van der Waals surface area contributed by atoms with Crippen molar-refractivity contribution in [1.29, 1.82) is 0 Å². The number of halogens is 1. The molecule has 2 saturated heterocycles. The number of furan rings is 1. The van der Waals surface area contributed by atoms with Crippen LogP contribution in [0.2, 0.25) is 0 Å². The van der Waals surface area contributed by atoms with Gasteiger partial charge in [-0.15, -0.1) is 24.0 Å². The van der Waals surface area contributed by atoms with Gasteiger partial charge in [0.25, 0.3) is 0 Å². The van der Waals surface area contributed by atoms with Crippen LogP contribution in [-0.2, 0) is 11.2 Å². The lowest BCUT2D eigenvalue weighted by Gasteiger charge is -2.43. The van der Waals surface area contributed by atoms with Crippen molar-refractivity contribution in [2.45, 2.75) is 43.7 Å². The molecule has 1 spiro atoms. The summed E-state index contributed by atoms with van der Waals surface area (Å²) in [5.74, 6) is 4.33. The minimum absolute atomic E-state index is 0. The van der Waals surface area contributed by atoms with Crippen LogP contribution in [0.25, 0.3) is 0 Å². The number of guanidine groups is 1. The van der Waals surface area contributed by atoms with Crippen molar-refractivity contribution >= 4 is 41.7 Å². The van der Waals surface area contributed by atoms with Crippen LogP contribution in [0.3, 0.4) is 0 Å². The molecule has 0 aromatic carbocycles. The van der Waals surface area contributed by atoms with E-state index in [1.807, 2.05) is 30.9 Å². The van der Waals surface area contributed by atoms with E-state index in [2.05, 4.69) is 15.6 Å². The van der Waals surface area contributed by atoms with Crippen LogP contribution in [0.5, 0.6) is 0 Å². The van der Waals surface area contributed by atoms with Gasteiger partial charge in [-0.3, -0.25) is 4.99 Å². The van der Waals surface area contributed by atoms with Crippen LogP contribution < -0.4 is 10.6 Å². The Hall–Kier alpha value is -0.410. The molecule has 0 bridgehead atoms. The lowest BCUT2D eigenvalue weighted by molar-refractivity contribution is -0.0911. The molecule has 136 valence electrons. The van der Waals surface area contributed by atoms with Crippen LogP contribution in [0, 0.1) is 0 Å². The van der Waals surface area contributed by atoms with Gasteiger partial charge in [0.15, 0.2) is 5.96 Å². The van der Waals surface area contributed by atoms with E-state index in [1.165, 1.54) is 24.3 Å². The molecule has 7 heteroatoms. The molecule has 24 heavy (non-hydrogen) atoms. The average Bonchev–Trinajstić information content (AvgIpc) is 3.08. The monoisotopic (exact) mass is 465 g/mol. The summed E-state index contributed by atoms with van der Waals surface area (Å²) in [4.78, 5) is 4.35. The molecule has 1 aromatic rings. The van der Waals surface area contributed by atoms with Gasteiger partial charge in [-0.2, -0.15) is 11.8 Å². The number of rotatable bonds is 4. The van der Waals surface area contributed by atoms with Gasteiger partial charge in [-0.25, -0.2) is 0 Å². The Morgan fingerprint density at radius 2 is 2.25 bits per heavy atom. The largest absolute Gasteiger partial charge is 0.469 e. The maximum Gasteiger partial charge on any atom is 0.191 e. The van der Waals surface area contributed by atoms with E-state index in [-0.39, 0.29) is 29.6 Å². The smallest absolute Gasteiger partial charge is 0.191 e. The Labute approximate surface area is 165 Å². The van der Waals surface area contributed by atoms with Crippen molar-refractivity contribution in [2.24, 2.45) is 4.99 Å². The van der Waals surface area contributed by atoms with Crippen LogP contribution in [-0.4, -0.2) is 49.3 Å². The Morgan fingerprint density at radius 1 is 1.42 bits per heavy atom. The minimum atomic E-state index is 0. The van der Waals surface area contributed by atoms with E-state index in [9.17, 15) is 0 Å². The summed E-state index contributed by atoms with van der Waals surface area (Å²) in [6, 6.07) is 4.37. The first kappa shape index (κ1) is 19.9. The number of hydrogen-bond donors (Lipinski definition) is 2. The molecule has 2 aliphatic heterocycles. The van der Waals surface area contributed by atoms with Gasteiger partial charge in [-0.05, 0) is 49.3 Å². The van der Waals surface area contributed by atoms with Crippen molar-refractivity contribution in [2.75, 3.05) is 31.7 Å². The second kappa shape index (κ2) is 9.91. The summed E-state index contributed by atoms with van der Waals surface area (Å²) in [6.07, 6.45) is 7.08. The summed E-state index contributed by atoms with van der Waals surface area (Å²) in [6.45, 7) is 1.67. The van der Waals surface area contributed by atoms with Crippen LogP contribution in [0.1, 0.15) is 31.4 Å². The first-order valence-corrected chi connectivity index (χ1v) is 9.66. The lowest BCUT2D eigenvalue weighted by atomic mass is 9.85. The van der Waals surface area contributed by atoms with Crippen molar-refractivity contribution in [3.63, 3.8) is 0 Å². The molecule has 3 heterocycles. The highest BCUT2D eigenvalue weighted by Gasteiger charge is 2.38. The second-order valence-electron chi connectivity index (χ2n) is 6.31. The van der Waals surface area contributed by atoms with Gasteiger partial charge in [0.1, 0.15) is 5.76 Å². The molecular weight excluding hydrogens is 437 g/mol. The van der Waals surface area contributed by atoms with Crippen molar-refractivity contribution in [3.8, 4) is 0 Å². The molecule has 1 aromatic heterocycles. The van der Waals surface area contributed by atoms with Gasteiger partial charge in [0.05, 0.1) is 11.9 Å². The van der Waals surface area contributed by atoms with E-state index in [0.717, 1.165) is 44.1 Å². The van der Waals surface area contributed by atoms with Gasteiger partial charge in [0, 0.05) is 32.7 Å². The molecule has 5 nitrogen and oxygen atoms in total. The highest BCUT2D eigenvalue weighted by molar-refractivity contribution is 14.0. The zero-order chi connectivity index (χ0) is 16.0. The van der Waals surface area contributed by atoms with E-state index in [1.54, 1.807) is 6.26 Å². The van der Waals surface area contributed by atoms with Crippen molar-refractivity contribution in [1.82, 2.24) is 10.6 Å². The van der Waals surface area contributed by atoms with Gasteiger partial charge >= 0.3 is 0 Å². The zero-order valence-corrected chi connectivity index (χ0v) is 17.4. The predicted octanol–water partition coefficient (Wildman–Crippen LogP) is 3.05. The molecule has 2 N–H and O–H groups in total. The summed E-state index contributed by atoms with van der Waals surface area (Å²) < 4.78 is 11.5. The molecule has 0 aliphatic carbocycles. The maximum atomic E-state index is 6.16. The molecule has 2 fully saturated rings. The fraction of sp³-hybridized carbons (Fsp3) is 0.706. The first-order chi connectivity index (χ1) is 11.3. The van der Waals surface area contributed by atoms with Crippen molar-refractivity contribution < 1.29 is 9.15 Å². The number of thioether (sulfide) groups is 1. The molecule has 0 saturated carbocycles. The third-order valence-electron chi connectivity index (χ3n) is 4.71. The molecule has 0 amide bonds. The van der Waals surface area contributed by atoms with Crippen molar-refractivity contribution in [3.05, 3.63) is 24.2 Å². The molecule has 1 unspecified atom stereocenters. The highest BCUT2D eigenvalue weighted by Crippen LogP contribution is 2.37. The summed E-state index contributed by atoms with van der Waals surface area (Å²) in [5.41, 5.74) is 0.105. The average molecular weight is 465 g/mol. The Balaban J connectivity index is 0.00000208. The molecule has 0 radical (unpaired) electrons. The number of hydrogen-bond acceptors (Lipinski definition) is 4. The Kier molecular flexibility index (Phi) is 8.22. The van der Waals surface area contributed by atoms with Gasteiger partial charge < -0.3 is 19.8 Å². The minimum Gasteiger partial charge on any atom is -0.469 e. The fourth-order valence-corrected chi connectivity index (χ4v) is 4.63. The SMILES string of the molecule is CN=C(NCCc1ccco1)NC1CCOC2(CCSCC2)C1.I. The Bertz CT molecular complexity index is 498. The summed E-state index contributed by atoms with van der Waals surface area (Å²) in [7, 11) is 1.83. The third kappa shape index (κ3) is 5.56. The third-order valence-corrected chi connectivity index (χ3v) is 5.69. The number of aliphatic imine (C=N–C) groups is 1. The van der Waals surface area contributed by atoms with E-state index >= 15 is 0 Å². The van der Waals surface area contributed by atoms with Gasteiger partial charge in [-0.1, -0.05) is 0 Å². The maximum absolute atomic E-state index is 6.16. The van der Waals surface area contributed by atoms with Crippen LogP contribution in [0.4, 0.5) is 0 Å². The Morgan fingerprint density at radius 3 is 2.96 bits per heavy atom. The molecular formula is C17H28IN3O2S. The number of nitrogens with one attached hydrogen (secondary N) is 2. The number of ether oxygens (including phenoxy) is 1. The molecule has 3 rings (SSSR count). The molecule has 1 atom stereocenters. The van der Waals surface area contributed by atoms with E-state index in [4.69, 9.17) is 9.15 Å². The first-order valence-electron chi connectivity index (χ1n) is 8.51. The van der Waals surface area contributed by atoms with Crippen LogP contribution >= 0.6 is 35.7 Å². The van der Waals surface area contributed by atoms with Crippen LogP contribution in [0.15, 0.2) is 27.8 Å². The molecule has 2 aliphatic rings. The fourth-order valence-electron chi connectivity index (χ4n) is 3.39. The quantitative estimate of drug-likeness (QED) is 0.407. The lowest BCUT2D eigenvalue weighted by Crippen LogP contribution is -2.52. The predicted molar refractivity (Wildman–Crippen MR) is 111 cm³/mol. The number of nitrogens with zero attached hydrogens (tertiary/aromatic N) is 1. The zero-order valence-electron chi connectivity index (χ0n) is 14.3. The van der Waals surface area contributed by atoms with E-state index < -0.39 is 0 Å². The second-order valence-corrected chi connectivity index (χ2v) is 7.53. The normalized spacial score (nSPS) is 23.5. The summed E-state index contributed by atoms with van der Waals surface area (Å²) in [5, 5.41) is 6.96. The highest BCUT2D eigenvalue weighted by atomic mass is 127. The van der Waals surface area contributed by atoms with E-state index in [0.29, 0.717) is 6.04 Å².